The summed E-state index contributed by atoms with van der Waals surface area (Å²) in [5, 5.41) is 13.3. The Kier molecular flexibility index (Phi) is 5.25. The van der Waals surface area contributed by atoms with Gasteiger partial charge in [0.2, 0.25) is 0 Å². The van der Waals surface area contributed by atoms with Crippen LogP contribution in [-0.4, -0.2) is 39.6 Å². The number of piperidine rings is 1. The second kappa shape index (κ2) is 7.59. The highest BCUT2D eigenvalue weighted by atomic mass is 16.5. The van der Waals surface area contributed by atoms with Gasteiger partial charge in [0.25, 0.3) is 5.91 Å². The molecule has 7 nitrogen and oxygen atoms in total. The first-order valence-corrected chi connectivity index (χ1v) is 8.65. The monoisotopic (exact) mass is 358 g/mol. The summed E-state index contributed by atoms with van der Waals surface area (Å²) in [5.74, 6) is 0.0100. The third-order valence-electron chi connectivity index (χ3n) is 4.69. The molecule has 0 aliphatic carbocycles. The van der Waals surface area contributed by atoms with Crippen LogP contribution in [0.3, 0.4) is 0 Å². The molecule has 1 fully saturated rings. The number of carboxylic acids is 1. The van der Waals surface area contributed by atoms with E-state index < -0.39 is 12.0 Å². The van der Waals surface area contributed by atoms with Crippen molar-refractivity contribution in [3.8, 4) is 5.75 Å². The molecule has 1 saturated heterocycles. The molecule has 1 aromatic heterocycles. The van der Waals surface area contributed by atoms with Crippen LogP contribution < -0.4 is 4.74 Å². The lowest BCUT2D eigenvalue weighted by Crippen LogP contribution is -2.47. The maximum Gasteiger partial charge on any atom is 0.326 e. The van der Waals surface area contributed by atoms with Crippen LogP contribution in [0.4, 0.5) is 0 Å². The van der Waals surface area contributed by atoms with Gasteiger partial charge in [0.15, 0.2) is 0 Å². The highest BCUT2D eigenvalue weighted by Gasteiger charge is 2.32. The Morgan fingerprint density at radius 1 is 1.35 bits per heavy atom. The predicted octanol–water partition coefficient (Wildman–Crippen LogP) is 2.95. The molecule has 1 amide bonds. The van der Waals surface area contributed by atoms with E-state index in [4.69, 9.17) is 9.26 Å². The van der Waals surface area contributed by atoms with Crippen molar-refractivity contribution in [3.63, 3.8) is 0 Å². The summed E-state index contributed by atoms with van der Waals surface area (Å²) in [6, 6.07) is 6.06. The van der Waals surface area contributed by atoms with E-state index in [1.165, 1.54) is 4.90 Å². The van der Waals surface area contributed by atoms with Crippen molar-refractivity contribution in [1.29, 1.82) is 0 Å². The molecule has 2 heterocycles. The lowest BCUT2D eigenvalue weighted by molar-refractivity contribution is -0.143. The number of hydrogen-bond donors (Lipinski definition) is 1. The molecule has 1 aliphatic rings. The Labute approximate surface area is 151 Å². The van der Waals surface area contributed by atoms with E-state index in [1.807, 2.05) is 13.8 Å². The number of aliphatic carboxylic acids is 1. The number of carbonyl (C=O) groups excluding carboxylic acids is 1. The van der Waals surface area contributed by atoms with Crippen LogP contribution in [0.2, 0.25) is 0 Å². The number of aryl methyl sites for hydroxylation is 2. The molecule has 1 N–H and O–H groups in total. The average molecular weight is 358 g/mol. The lowest BCUT2D eigenvalue weighted by Gasteiger charge is -2.33. The fourth-order valence-corrected chi connectivity index (χ4v) is 3.18. The second-order valence-corrected chi connectivity index (χ2v) is 6.47. The summed E-state index contributed by atoms with van der Waals surface area (Å²) in [7, 11) is 0. The molecule has 0 bridgehead atoms. The van der Waals surface area contributed by atoms with Crippen molar-refractivity contribution in [2.45, 2.75) is 45.8 Å². The highest BCUT2D eigenvalue weighted by Crippen LogP contribution is 2.23. The van der Waals surface area contributed by atoms with Gasteiger partial charge in [0.05, 0.1) is 11.3 Å². The molecule has 2 aromatic rings. The Morgan fingerprint density at radius 3 is 2.85 bits per heavy atom. The number of likely N-dealkylation sites (tertiary alicyclic amines) is 1. The van der Waals surface area contributed by atoms with Crippen LogP contribution in [0.25, 0.3) is 0 Å². The fraction of sp³-hybridized carbons (Fsp3) is 0.421. The normalized spacial score (nSPS) is 17.2. The summed E-state index contributed by atoms with van der Waals surface area (Å²) in [6.07, 6.45) is 2.13. The molecule has 1 aliphatic heterocycles. The number of aromatic nitrogens is 1. The first kappa shape index (κ1) is 18.0. The number of carboxylic acid groups (broad SMARTS) is 1. The molecule has 7 heteroatoms. The van der Waals surface area contributed by atoms with E-state index in [9.17, 15) is 14.7 Å². The number of amides is 1. The third-order valence-corrected chi connectivity index (χ3v) is 4.69. The molecule has 0 saturated carbocycles. The largest absolute Gasteiger partial charge is 0.489 e. The van der Waals surface area contributed by atoms with Crippen LogP contribution in [0.5, 0.6) is 5.75 Å². The Morgan fingerprint density at radius 2 is 2.15 bits per heavy atom. The van der Waals surface area contributed by atoms with Gasteiger partial charge in [-0.15, -0.1) is 0 Å². The Hall–Kier alpha value is -2.83. The van der Waals surface area contributed by atoms with Gasteiger partial charge in [0, 0.05) is 12.1 Å². The first-order chi connectivity index (χ1) is 12.5. The Balaban J connectivity index is 1.74. The van der Waals surface area contributed by atoms with E-state index >= 15 is 0 Å². The van der Waals surface area contributed by atoms with Crippen molar-refractivity contribution in [2.24, 2.45) is 0 Å². The van der Waals surface area contributed by atoms with Crippen molar-refractivity contribution in [2.75, 3.05) is 6.54 Å². The molecule has 26 heavy (non-hydrogen) atoms. The van der Waals surface area contributed by atoms with Gasteiger partial charge < -0.3 is 19.3 Å². The highest BCUT2D eigenvalue weighted by molar-refractivity contribution is 5.97. The third kappa shape index (κ3) is 3.71. The van der Waals surface area contributed by atoms with Gasteiger partial charge >= 0.3 is 5.97 Å². The van der Waals surface area contributed by atoms with Crippen molar-refractivity contribution >= 4 is 11.9 Å². The van der Waals surface area contributed by atoms with E-state index in [1.54, 1.807) is 24.3 Å². The first-order valence-electron chi connectivity index (χ1n) is 8.65. The second-order valence-electron chi connectivity index (χ2n) is 6.47. The van der Waals surface area contributed by atoms with E-state index in [2.05, 4.69) is 5.16 Å². The zero-order chi connectivity index (χ0) is 18.7. The van der Waals surface area contributed by atoms with Gasteiger partial charge in [-0.2, -0.15) is 0 Å². The van der Waals surface area contributed by atoms with E-state index in [0.717, 1.165) is 24.1 Å². The summed E-state index contributed by atoms with van der Waals surface area (Å²) >= 11 is 0. The number of carbonyl (C=O) groups is 2. The molecule has 0 spiro atoms. The van der Waals surface area contributed by atoms with Crippen molar-refractivity contribution in [1.82, 2.24) is 10.1 Å². The van der Waals surface area contributed by atoms with Gasteiger partial charge in [-0.25, -0.2) is 4.79 Å². The maximum absolute atomic E-state index is 12.8. The van der Waals surface area contributed by atoms with Gasteiger partial charge in [0.1, 0.15) is 24.2 Å². The summed E-state index contributed by atoms with van der Waals surface area (Å²) < 4.78 is 10.9. The van der Waals surface area contributed by atoms with Gasteiger partial charge in [-0.1, -0.05) is 11.2 Å². The topological polar surface area (TPSA) is 92.9 Å². The fourth-order valence-electron chi connectivity index (χ4n) is 3.18. The molecule has 1 atom stereocenters. The minimum atomic E-state index is -0.955. The summed E-state index contributed by atoms with van der Waals surface area (Å²) in [5.41, 5.74) is 2.07. The zero-order valence-corrected chi connectivity index (χ0v) is 14.9. The van der Waals surface area contributed by atoms with Crippen LogP contribution in [-0.2, 0) is 11.4 Å². The SMILES string of the molecule is Cc1noc(C)c1COc1cccc(C(=O)N2CCCCC2C(=O)O)c1. The minimum absolute atomic E-state index is 0.278. The summed E-state index contributed by atoms with van der Waals surface area (Å²) in [6.45, 7) is 4.42. The number of hydrogen-bond acceptors (Lipinski definition) is 5. The zero-order valence-electron chi connectivity index (χ0n) is 14.9. The van der Waals surface area contributed by atoms with E-state index in [0.29, 0.717) is 36.6 Å². The molecule has 1 unspecified atom stereocenters. The maximum atomic E-state index is 12.8. The van der Waals surface area contributed by atoms with Crippen LogP contribution >= 0.6 is 0 Å². The molecular weight excluding hydrogens is 336 g/mol. The van der Waals surface area contributed by atoms with Crippen LogP contribution in [0.15, 0.2) is 28.8 Å². The summed E-state index contributed by atoms with van der Waals surface area (Å²) in [4.78, 5) is 25.7. The number of nitrogens with zero attached hydrogens (tertiary/aromatic N) is 2. The smallest absolute Gasteiger partial charge is 0.326 e. The minimum Gasteiger partial charge on any atom is -0.489 e. The predicted molar refractivity (Wildman–Crippen MR) is 93.1 cm³/mol. The number of rotatable bonds is 5. The average Bonchev–Trinajstić information content (AvgIpc) is 2.97. The number of ether oxygens (including phenoxy) is 1. The molecule has 3 rings (SSSR count). The van der Waals surface area contributed by atoms with Gasteiger partial charge in [-0.05, 0) is 51.3 Å². The number of benzene rings is 1. The quantitative estimate of drug-likeness (QED) is 0.883. The molecule has 0 radical (unpaired) electrons. The van der Waals surface area contributed by atoms with E-state index in [-0.39, 0.29) is 5.91 Å². The van der Waals surface area contributed by atoms with Crippen molar-refractivity contribution in [3.05, 3.63) is 46.8 Å². The van der Waals surface area contributed by atoms with Crippen LogP contribution in [0.1, 0.15) is 46.6 Å². The lowest BCUT2D eigenvalue weighted by atomic mass is 10.0. The van der Waals surface area contributed by atoms with Gasteiger partial charge in [-0.3, -0.25) is 4.79 Å². The van der Waals surface area contributed by atoms with Crippen LogP contribution in [0, 0.1) is 13.8 Å². The van der Waals surface area contributed by atoms with Crippen molar-refractivity contribution < 1.29 is 24.0 Å². The Bertz CT molecular complexity index is 795. The standard InChI is InChI=1S/C19H22N2O5/c1-12-16(13(2)26-20-12)11-25-15-7-5-6-14(10-15)18(22)21-9-4-3-8-17(21)19(23)24/h5-7,10,17H,3-4,8-9,11H2,1-2H3,(H,23,24). The molecule has 1 aromatic carbocycles. The molecular formula is C19H22N2O5. The molecule has 138 valence electrons.